The molecule has 3 nitrogen and oxygen atoms in total. The molecule has 0 aliphatic carbocycles. The molecule has 94 valence electrons. The molecule has 2 fully saturated rings. The van der Waals surface area contributed by atoms with Crippen molar-refractivity contribution < 1.29 is 13.7 Å². The quantitative estimate of drug-likeness (QED) is 0.625. The van der Waals surface area contributed by atoms with Crippen LogP contribution in [0.2, 0.25) is 0 Å². The van der Waals surface area contributed by atoms with Crippen molar-refractivity contribution in [3.8, 4) is 0 Å². The molecule has 16 heavy (non-hydrogen) atoms. The van der Waals surface area contributed by atoms with Gasteiger partial charge in [-0.05, 0) is 12.5 Å². The second-order valence-corrected chi connectivity index (χ2v) is 11.8. The minimum absolute atomic E-state index is 0.00255. The van der Waals surface area contributed by atoms with Crippen molar-refractivity contribution in [2.45, 2.75) is 16.1 Å². The van der Waals surface area contributed by atoms with Gasteiger partial charge in [-0.1, -0.05) is 0 Å². The standard InChI is InChI=1S/C9H16O3S4/c1-16(2)6-7(5-8(10)12-13)11-9(16)14-3-4-15-9/h7,13H,3-6H2,1-2H3. The summed E-state index contributed by atoms with van der Waals surface area (Å²) in [6, 6.07) is 0. The summed E-state index contributed by atoms with van der Waals surface area (Å²) in [6.45, 7) is 0. The van der Waals surface area contributed by atoms with Crippen LogP contribution in [0.15, 0.2) is 0 Å². The van der Waals surface area contributed by atoms with E-state index in [0.29, 0.717) is 6.42 Å². The third kappa shape index (κ3) is 2.34. The van der Waals surface area contributed by atoms with E-state index in [4.69, 9.17) is 4.74 Å². The predicted octanol–water partition coefficient (Wildman–Crippen LogP) is 2.32. The number of thiol groups is 1. The summed E-state index contributed by atoms with van der Waals surface area (Å²) in [7, 11) is -0.818. The van der Waals surface area contributed by atoms with E-state index in [2.05, 4.69) is 29.6 Å². The van der Waals surface area contributed by atoms with Crippen LogP contribution < -0.4 is 0 Å². The average Bonchev–Trinajstić information content (AvgIpc) is 2.74. The lowest BCUT2D eigenvalue weighted by molar-refractivity contribution is -0.135. The highest BCUT2D eigenvalue weighted by molar-refractivity contribution is 8.49. The maximum atomic E-state index is 11.2. The van der Waals surface area contributed by atoms with Gasteiger partial charge in [0.15, 0.2) is 3.60 Å². The number of hydrogen-bond donors (Lipinski definition) is 1. The van der Waals surface area contributed by atoms with Crippen molar-refractivity contribution in [2.75, 3.05) is 29.8 Å². The Morgan fingerprint density at radius 2 is 2.19 bits per heavy atom. The second-order valence-electron chi connectivity index (χ2n) is 4.31. The average molecular weight is 300 g/mol. The molecule has 1 atom stereocenters. The largest absolute Gasteiger partial charge is 0.395 e. The predicted molar refractivity (Wildman–Crippen MR) is 76.5 cm³/mol. The van der Waals surface area contributed by atoms with Crippen LogP contribution in [0, 0.1) is 0 Å². The summed E-state index contributed by atoms with van der Waals surface area (Å²) < 4.78 is 10.5. The molecule has 0 bridgehead atoms. The molecule has 2 heterocycles. The zero-order chi connectivity index (χ0) is 11.8. The van der Waals surface area contributed by atoms with Gasteiger partial charge in [-0.25, -0.2) is 0 Å². The molecule has 0 aromatic heterocycles. The first kappa shape index (κ1) is 13.3. The molecule has 2 aliphatic heterocycles. The number of rotatable bonds is 2. The van der Waals surface area contributed by atoms with Crippen molar-refractivity contribution in [3.05, 3.63) is 0 Å². The molecule has 2 rings (SSSR count). The Morgan fingerprint density at radius 3 is 2.75 bits per heavy atom. The van der Waals surface area contributed by atoms with Gasteiger partial charge in [0, 0.05) is 30.2 Å². The van der Waals surface area contributed by atoms with Gasteiger partial charge in [0.1, 0.15) is 0 Å². The highest BCUT2D eigenvalue weighted by Gasteiger charge is 2.54. The molecule has 0 saturated carbocycles. The lowest BCUT2D eigenvalue weighted by atomic mass is 10.3. The molecule has 0 radical (unpaired) electrons. The van der Waals surface area contributed by atoms with Gasteiger partial charge in [0.2, 0.25) is 0 Å². The van der Waals surface area contributed by atoms with Gasteiger partial charge in [-0.2, -0.15) is 10.0 Å². The first-order valence-corrected chi connectivity index (χ1v) is 9.95. The molecule has 2 aliphatic rings. The Morgan fingerprint density at radius 1 is 1.56 bits per heavy atom. The molecule has 0 N–H and O–H groups in total. The van der Waals surface area contributed by atoms with Gasteiger partial charge in [-0.15, -0.1) is 23.5 Å². The zero-order valence-electron chi connectivity index (χ0n) is 9.30. The van der Waals surface area contributed by atoms with Gasteiger partial charge < -0.3 is 8.92 Å². The van der Waals surface area contributed by atoms with Crippen LogP contribution in [-0.4, -0.2) is 45.4 Å². The maximum absolute atomic E-state index is 11.2. The van der Waals surface area contributed by atoms with Crippen molar-refractivity contribution in [1.82, 2.24) is 0 Å². The SMILES string of the molecule is CS1(C)CC(CC(=O)OS)OC12SCCS2. The van der Waals surface area contributed by atoms with Crippen LogP contribution in [0.1, 0.15) is 6.42 Å². The van der Waals surface area contributed by atoms with E-state index >= 15 is 0 Å². The lowest BCUT2D eigenvalue weighted by Crippen LogP contribution is -2.22. The molecule has 1 unspecified atom stereocenters. The molecule has 1 spiro atoms. The zero-order valence-corrected chi connectivity index (χ0v) is 12.6. The molecule has 0 amide bonds. The molecule has 7 heteroatoms. The summed E-state index contributed by atoms with van der Waals surface area (Å²) in [5, 5.41) is 0. The highest BCUT2D eigenvalue weighted by atomic mass is 32.3. The number of carbonyl (C=O) groups is 1. The van der Waals surface area contributed by atoms with Crippen molar-refractivity contribution in [2.24, 2.45) is 0 Å². The summed E-state index contributed by atoms with van der Waals surface area (Å²) in [5.74, 6) is 2.97. The molecule has 2 saturated heterocycles. The van der Waals surface area contributed by atoms with Crippen LogP contribution in [0.5, 0.6) is 0 Å². The molecular weight excluding hydrogens is 284 g/mol. The van der Waals surface area contributed by atoms with E-state index in [9.17, 15) is 4.79 Å². The van der Waals surface area contributed by atoms with E-state index in [-0.39, 0.29) is 15.7 Å². The Labute approximate surface area is 112 Å². The van der Waals surface area contributed by atoms with Crippen molar-refractivity contribution in [3.63, 3.8) is 0 Å². The van der Waals surface area contributed by atoms with Gasteiger partial charge >= 0.3 is 5.97 Å². The van der Waals surface area contributed by atoms with E-state index < -0.39 is 10.0 Å². The fraction of sp³-hybridized carbons (Fsp3) is 0.889. The first-order valence-electron chi connectivity index (χ1n) is 5.00. The highest BCUT2D eigenvalue weighted by Crippen LogP contribution is 2.72. The molecule has 0 aromatic carbocycles. The first-order chi connectivity index (χ1) is 7.49. The maximum Gasteiger partial charge on any atom is 0.320 e. The summed E-state index contributed by atoms with van der Waals surface area (Å²) >= 11 is 7.33. The number of ether oxygens (including phenoxy) is 1. The Bertz CT molecular complexity index is 288. The van der Waals surface area contributed by atoms with E-state index in [1.54, 1.807) is 0 Å². The molecule has 0 aromatic rings. The lowest BCUT2D eigenvalue weighted by Gasteiger charge is -2.39. The smallest absolute Gasteiger partial charge is 0.320 e. The van der Waals surface area contributed by atoms with Gasteiger partial charge in [0.05, 0.1) is 12.5 Å². The minimum atomic E-state index is -0.818. The van der Waals surface area contributed by atoms with Crippen LogP contribution in [0.25, 0.3) is 0 Å². The summed E-state index contributed by atoms with van der Waals surface area (Å²) in [5.41, 5.74) is 0. The van der Waals surface area contributed by atoms with E-state index in [0.717, 1.165) is 17.3 Å². The fourth-order valence-corrected chi connectivity index (χ4v) is 9.68. The fourth-order valence-electron chi connectivity index (χ4n) is 2.02. The normalized spacial score (nSPS) is 32.8. The minimum Gasteiger partial charge on any atom is -0.395 e. The van der Waals surface area contributed by atoms with E-state index in [1.807, 2.05) is 23.5 Å². The van der Waals surface area contributed by atoms with Crippen LogP contribution in [0.3, 0.4) is 0 Å². The number of carbonyl (C=O) groups excluding carboxylic acids is 1. The third-order valence-corrected chi connectivity index (χ3v) is 11.7. The Hall–Kier alpha value is 0.830. The number of thioether (sulfide) groups is 2. The van der Waals surface area contributed by atoms with Crippen molar-refractivity contribution >= 4 is 52.4 Å². The topological polar surface area (TPSA) is 35.5 Å². The van der Waals surface area contributed by atoms with Crippen molar-refractivity contribution in [1.29, 1.82) is 0 Å². The monoisotopic (exact) mass is 300 g/mol. The Kier molecular flexibility index (Phi) is 4.01. The van der Waals surface area contributed by atoms with Crippen LogP contribution >= 0.6 is 46.5 Å². The molecular formula is C9H16O3S4. The van der Waals surface area contributed by atoms with Crippen LogP contribution in [-0.2, 0) is 13.7 Å². The summed E-state index contributed by atoms with van der Waals surface area (Å²) in [4.78, 5) is 11.2. The van der Waals surface area contributed by atoms with E-state index in [1.165, 1.54) is 0 Å². The number of hydrogen-bond acceptors (Lipinski definition) is 6. The van der Waals surface area contributed by atoms with Crippen LogP contribution in [0.4, 0.5) is 0 Å². The van der Waals surface area contributed by atoms with Gasteiger partial charge in [-0.3, -0.25) is 4.79 Å². The van der Waals surface area contributed by atoms with Gasteiger partial charge in [0.25, 0.3) is 0 Å². The summed E-state index contributed by atoms with van der Waals surface area (Å²) in [6.07, 6.45) is 4.92. The Balaban J connectivity index is 2.05. The third-order valence-electron chi connectivity index (χ3n) is 2.73. The second kappa shape index (κ2) is 4.84.